The van der Waals surface area contributed by atoms with Crippen LogP contribution in [0, 0.1) is 0 Å². The van der Waals surface area contributed by atoms with Crippen LogP contribution in [-0.4, -0.2) is 19.5 Å². The third-order valence-corrected chi connectivity index (χ3v) is 12.5. The van der Waals surface area contributed by atoms with E-state index in [1.54, 1.807) is 0 Å². The highest BCUT2D eigenvalue weighted by Crippen LogP contribution is 2.48. The number of para-hydroxylation sites is 1. The summed E-state index contributed by atoms with van der Waals surface area (Å²) < 4.78 is 4.98. The molecule has 0 N–H and O–H groups in total. The van der Waals surface area contributed by atoms with Gasteiger partial charge in [-0.1, -0.05) is 94.4 Å². The summed E-state index contributed by atoms with van der Waals surface area (Å²) in [6.45, 7) is 9.62. The van der Waals surface area contributed by atoms with Crippen LogP contribution in [0.5, 0.6) is 0 Å². The van der Waals surface area contributed by atoms with Crippen LogP contribution in [0.3, 0.4) is 0 Å². The predicted molar refractivity (Wildman–Crippen MR) is 219 cm³/mol. The van der Waals surface area contributed by atoms with Crippen LogP contribution in [0.2, 0.25) is 0 Å². The Morgan fingerprint density at radius 1 is 0.462 bits per heavy atom. The van der Waals surface area contributed by atoms with E-state index < -0.39 is 0 Å². The second-order valence-electron chi connectivity index (χ2n) is 15.6. The number of thiophene rings is 1. The minimum absolute atomic E-state index is 0.123. The summed E-state index contributed by atoms with van der Waals surface area (Å²) in [6, 6.07) is 47.9. The lowest BCUT2D eigenvalue weighted by Crippen LogP contribution is -2.33. The number of hydrogen-bond donors (Lipinski definition) is 0. The maximum atomic E-state index is 5.12. The van der Waals surface area contributed by atoms with E-state index in [9.17, 15) is 0 Å². The number of rotatable bonds is 4. The molecular formula is C47H38N4S. The first-order chi connectivity index (χ1) is 25.2. The second kappa shape index (κ2) is 11.4. The standard InChI is InChI=1S/C47H38N4S/c1-46(2)24-25-47(3,4)38-28-40-35(27-37(38)46)33-14-8-10-16-39(33)51(40)32-21-18-30(19-22-32)44-48-43(29-12-6-5-7-13-29)49-45(50-44)31-20-23-42-36(26-31)34-15-9-11-17-41(34)52-42/h5-23,26-28H,24-25H2,1-4H3. The predicted octanol–water partition coefficient (Wildman–Crippen LogP) is 12.7. The highest BCUT2D eigenvalue weighted by Gasteiger charge is 2.37. The molecule has 0 atom stereocenters. The van der Waals surface area contributed by atoms with E-state index in [4.69, 9.17) is 15.0 Å². The summed E-state index contributed by atoms with van der Waals surface area (Å²) in [5.41, 5.74) is 9.71. The van der Waals surface area contributed by atoms with Crippen LogP contribution in [0.4, 0.5) is 0 Å². The van der Waals surface area contributed by atoms with Gasteiger partial charge in [-0.3, -0.25) is 0 Å². The van der Waals surface area contributed by atoms with E-state index in [1.165, 1.54) is 65.9 Å². The van der Waals surface area contributed by atoms with E-state index in [0.29, 0.717) is 17.5 Å². The van der Waals surface area contributed by atoms with Crippen LogP contribution in [0.25, 0.3) is 81.8 Å². The Labute approximate surface area is 307 Å². The van der Waals surface area contributed by atoms with Crippen molar-refractivity contribution in [2.75, 3.05) is 0 Å². The Bertz CT molecular complexity index is 2840. The van der Waals surface area contributed by atoms with Gasteiger partial charge >= 0.3 is 0 Å². The van der Waals surface area contributed by atoms with Crippen LogP contribution in [0.1, 0.15) is 51.7 Å². The molecule has 0 fully saturated rings. The average Bonchev–Trinajstić information content (AvgIpc) is 3.71. The Balaban J connectivity index is 1.12. The normalized spacial score (nSPS) is 15.1. The molecule has 0 saturated carbocycles. The maximum Gasteiger partial charge on any atom is 0.164 e. The monoisotopic (exact) mass is 690 g/mol. The molecule has 0 amide bonds. The molecule has 1 aliphatic rings. The van der Waals surface area contributed by atoms with E-state index in [-0.39, 0.29) is 10.8 Å². The van der Waals surface area contributed by atoms with E-state index in [1.807, 2.05) is 29.5 Å². The van der Waals surface area contributed by atoms with E-state index in [2.05, 4.69) is 148 Å². The van der Waals surface area contributed by atoms with Crippen molar-refractivity contribution in [3.63, 3.8) is 0 Å². The SMILES string of the molecule is CC1(C)CCC(C)(C)c2cc3c(cc21)c1ccccc1n3-c1ccc(-c2nc(-c3ccccc3)nc(-c3ccc4sc5ccccc5c4c3)n2)cc1. The Kier molecular flexibility index (Phi) is 6.84. The first-order valence-electron chi connectivity index (χ1n) is 18.2. The largest absolute Gasteiger partial charge is 0.309 e. The zero-order valence-corrected chi connectivity index (χ0v) is 30.6. The van der Waals surface area contributed by atoms with Gasteiger partial charge in [-0.25, -0.2) is 15.0 Å². The first-order valence-corrected chi connectivity index (χ1v) is 19.0. The highest BCUT2D eigenvalue weighted by atomic mass is 32.1. The van der Waals surface area contributed by atoms with Crippen molar-refractivity contribution in [1.29, 1.82) is 0 Å². The molecule has 0 radical (unpaired) electrons. The molecule has 0 aliphatic heterocycles. The third kappa shape index (κ3) is 4.91. The molecule has 0 unspecified atom stereocenters. The molecule has 4 nitrogen and oxygen atoms in total. The molecule has 0 bridgehead atoms. The first kappa shape index (κ1) is 31.1. The van der Waals surface area contributed by atoms with Gasteiger partial charge in [-0.2, -0.15) is 0 Å². The topological polar surface area (TPSA) is 43.6 Å². The van der Waals surface area contributed by atoms with Gasteiger partial charge in [0.15, 0.2) is 17.5 Å². The van der Waals surface area contributed by atoms with Gasteiger partial charge in [0.05, 0.1) is 11.0 Å². The number of benzene rings is 6. The zero-order chi connectivity index (χ0) is 35.2. The fourth-order valence-electron chi connectivity index (χ4n) is 8.28. The molecule has 52 heavy (non-hydrogen) atoms. The van der Waals surface area contributed by atoms with Gasteiger partial charge in [0.1, 0.15) is 0 Å². The minimum atomic E-state index is 0.123. The number of aromatic nitrogens is 4. The van der Waals surface area contributed by atoms with Gasteiger partial charge in [0.25, 0.3) is 0 Å². The van der Waals surface area contributed by atoms with E-state index in [0.717, 1.165) is 22.4 Å². The molecule has 10 rings (SSSR count). The van der Waals surface area contributed by atoms with Crippen molar-refractivity contribution in [2.24, 2.45) is 0 Å². The molecule has 6 aromatic carbocycles. The third-order valence-electron chi connectivity index (χ3n) is 11.3. The lowest BCUT2D eigenvalue weighted by atomic mass is 9.63. The summed E-state index contributed by atoms with van der Waals surface area (Å²) in [5.74, 6) is 1.99. The molecule has 5 heteroatoms. The summed E-state index contributed by atoms with van der Waals surface area (Å²) in [5, 5.41) is 5.09. The fraction of sp³-hybridized carbons (Fsp3) is 0.170. The molecule has 252 valence electrons. The Hall–Kier alpha value is -5.65. The van der Waals surface area contributed by atoms with Crippen LogP contribution in [0.15, 0.2) is 133 Å². The number of nitrogens with zero attached hydrogens (tertiary/aromatic N) is 4. The molecule has 1 aliphatic carbocycles. The Morgan fingerprint density at radius 3 is 1.75 bits per heavy atom. The van der Waals surface area contributed by atoms with Gasteiger partial charge in [0, 0.05) is 53.3 Å². The van der Waals surface area contributed by atoms with Crippen LogP contribution in [-0.2, 0) is 10.8 Å². The summed E-state index contributed by atoms with van der Waals surface area (Å²) in [7, 11) is 0. The van der Waals surface area contributed by atoms with Crippen molar-refractivity contribution in [2.45, 2.75) is 51.4 Å². The quantitative estimate of drug-likeness (QED) is 0.185. The number of hydrogen-bond acceptors (Lipinski definition) is 4. The van der Waals surface area contributed by atoms with Gasteiger partial charge in [-0.15, -0.1) is 11.3 Å². The highest BCUT2D eigenvalue weighted by molar-refractivity contribution is 7.25. The molecule has 0 spiro atoms. The van der Waals surface area contributed by atoms with Gasteiger partial charge in [-0.05, 0) is 102 Å². The fourth-order valence-corrected chi connectivity index (χ4v) is 9.37. The molecule has 3 aromatic heterocycles. The lowest BCUT2D eigenvalue weighted by molar-refractivity contribution is 0.332. The average molecular weight is 691 g/mol. The Morgan fingerprint density at radius 2 is 1.02 bits per heavy atom. The van der Waals surface area contributed by atoms with E-state index >= 15 is 0 Å². The smallest absolute Gasteiger partial charge is 0.164 e. The molecular weight excluding hydrogens is 653 g/mol. The summed E-state index contributed by atoms with van der Waals surface area (Å²) in [4.78, 5) is 15.2. The second-order valence-corrected chi connectivity index (χ2v) is 16.6. The summed E-state index contributed by atoms with van der Waals surface area (Å²) in [6.07, 6.45) is 2.38. The molecule has 3 heterocycles. The van der Waals surface area contributed by atoms with Gasteiger partial charge < -0.3 is 4.57 Å². The van der Waals surface area contributed by atoms with Gasteiger partial charge in [0.2, 0.25) is 0 Å². The number of fused-ring (bicyclic) bond motifs is 7. The van der Waals surface area contributed by atoms with Crippen molar-refractivity contribution in [1.82, 2.24) is 19.5 Å². The lowest BCUT2D eigenvalue weighted by Gasteiger charge is -2.42. The summed E-state index contributed by atoms with van der Waals surface area (Å²) >= 11 is 1.82. The van der Waals surface area contributed by atoms with Crippen molar-refractivity contribution >= 4 is 53.3 Å². The molecule has 0 saturated heterocycles. The molecule has 9 aromatic rings. The minimum Gasteiger partial charge on any atom is -0.309 e. The van der Waals surface area contributed by atoms with Crippen LogP contribution >= 0.6 is 11.3 Å². The van der Waals surface area contributed by atoms with Crippen LogP contribution < -0.4 is 0 Å². The maximum absolute atomic E-state index is 5.12. The van der Waals surface area contributed by atoms with Crippen molar-refractivity contribution < 1.29 is 0 Å². The van der Waals surface area contributed by atoms with Crippen molar-refractivity contribution in [3.8, 4) is 39.9 Å². The zero-order valence-electron chi connectivity index (χ0n) is 29.8. The van der Waals surface area contributed by atoms with Crippen molar-refractivity contribution in [3.05, 3.63) is 145 Å².